The molecule has 1 fully saturated rings. The normalized spacial score (nSPS) is 21.4. The van der Waals surface area contributed by atoms with Crippen LogP contribution in [-0.4, -0.2) is 98.7 Å². The zero-order valence-electron chi connectivity index (χ0n) is 37.4. The number of carbonyl (C=O) groups excluding carboxylic acids is 1. The Bertz CT molecular complexity index is 937. The van der Waals surface area contributed by atoms with Crippen molar-refractivity contribution in [1.29, 1.82) is 0 Å². The largest absolute Gasteiger partial charge is 0.394 e. The molecule has 10 nitrogen and oxygen atoms in total. The fourth-order valence-corrected chi connectivity index (χ4v) is 7.93. The third-order valence-corrected chi connectivity index (χ3v) is 12.0. The molecule has 1 aliphatic heterocycles. The Morgan fingerprint density at radius 1 is 0.586 bits per heavy atom. The summed E-state index contributed by atoms with van der Waals surface area (Å²) < 4.78 is 11.1. The van der Waals surface area contributed by atoms with Crippen molar-refractivity contribution in [3.8, 4) is 0 Å². The molecule has 58 heavy (non-hydrogen) atoms. The van der Waals surface area contributed by atoms with Crippen LogP contribution in [0.1, 0.15) is 226 Å². The SMILES string of the molecule is CCCCCCCCCCCCC/C=C/C(O)C(CO[C@@H]1O[C@H](CO)[C@H](O)[C@H](O)[C@H]1O)NC(=O)C(O)CCCCCCCCCCCCCCCCCCCCCC. The molecule has 10 heteroatoms. The highest BCUT2D eigenvalue weighted by atomic mass is 16.7. The highest BCUT2D eigenvalue weighted by molar-refractivity contribution is 5.80. The molecule has 1 heterocycles. The van der Waals surface area contributed by atoms with Crippen LogP contribution in [0.3, 0.4) is 0 Å². The van der Waals surface area contributed by atoms with Crippen molar-refractivity contribution in [1.82, 2.24) is 5.32 Å². The first-order chi connectivity index (χ1) is 28.3. The molecule has 0 aromatic rings. The van der Waals surface area contributed by atoms with Crippen LogP contribution in [0.25, 0.3) is 0 Å². The quantitative estimate of drug-likeness (QED) is 0.0235. The predicted molar refractivity (Wildman–Crippen MR) is 237 cm³/mol. The summed E-state index contributed by atoms with van der Waals surface area (Å²) in [6.07, 6.45) is 34.4. The summed E-state index contributed by atoms with van der Waals surface area (Å²) in [6, 6.07) is -0.974. The maximum Gasteiger partial charge on any atom is 0.249 e. The first kappa shape index (κ1) is 54.9. The minimum absolute atomic E-state index is 0.301. The molecule has 0 aromatic heterocycles. The van der Waals surface area contributed by atoms with E-state index < -0.39 is 61.5 Å². The highest BCUT2D eigenvalue weighted by Gasteiger charge is 2.44. The van der Waals surface area contributed by atoms with Gasteiger partial charge in [0.15, 0.2) is 6.29 Å². The zero-order chi connectivity index (χ0) is 42.5. The molecule has 8 atom stereocenters. The minimum Gasteiger partial charge on any atom is -0.394 e. The van der Waals surface area contributed by atoms with E-state index in [0.29, 0.717) is 6.42 Å². The van der Waals surface area contributed by atoms with Crippen LogP contribution in [0, 0.1) is 0 Å². The van der Waals surface area contributed by atoms with Crippen molar-refractivity contribution >= 4 is 5.91 Å². The lowest BCUT2D eigenvalue weighted by Gasteiger charge is -2.40. The Hall–Kier alpha value is -1.11. The van der Waals surface area contributed by atoms with Crippen molar-refractivity contribution in [2.24, 2.45) is 0 Å². The Morgan fingerprint density at radius 3 is 1.40 bits per heavy atom. The van der Waals surface area contributed by atoms with E-state index in [1.165, 1.54) is 161 Å². The first-order valence-corrected chi connectivity index (χ1v) is 24.5. The molecule has 7 N–H and O–H groups in total. The number of aliphatic hydroxyl groups is 6. The second-order valence-electron chi connectivity index (χ2n) is 17.4. The molecule has 0 aromatic carbocycles. The summed E-state index contributed by atoms with van der Waals surface area (Å²) in [7, 11) is 0. The van der Waals surface area contributed by atoms with Gasteiger partial charge in [-0.15, -0.1) is 0 Å². The average Bonchev–Trinajstić information content (AvgIpc) is 3.22. The molecule has 0 saturated carbocycles. The van der Waals surface area contributed by atoms with Crippen LogP contribution < -0.4 is 5.32 Å². The first-order valence-electron chi connectivity index (χ1n) is 24.5. The minimum atomic E-state index is -1.61. The van der Waals surface area contributed by atoms with E-state index in [-0.39, 0.29) is 6.61 Å². The lowest BCUT2D eigenvalue weighted by atomic mass is 9.99. The second-order valence-corrected chi connectivity index (χ2v) is 17.4. The van der Waals surface area contributed by atoms with Crippen molar-refractivity contribution in [3.63, 3.8) is 0 Å². The number of carbonyl (C=O) groups is 1. The van der Waals surface area contributed by atoms with Crippen molar-refractivity contribution in [2.45, 2.75) is 275 Å². The molecule has 0 bridgehead atoms. The van der Waals surface area contributed by atoms with Crippen LogP contribution in [0.4, 0.5) is 0 Å². The summed E-state index contributed by atoms with van der Waals surface area (Å²) in [5.74, 6) is -0.613. The summed E-state index contributed by atoms with van der Waals surface area (Å²) in [6.45, 7) is 3.62. The number of allylic oxidation sites excluding steroid dienone is 1. The third kappa shape index (κ3) is 28.4. The van der Waals surface area contributed by atoms with E-state index in [4.69, 9.17) is 9.47 Å². The second kappa shape index (κ2) is 38.8. The highest BCUT2D eigenvalue weighted by Crippen LogP contribution is 2.23. The van der Waals surface area contributed by atoms with Gasteiger partial charge in [0.2, 0.25) is 5.91 Å². The van der Waals surface area contributed by atoms with E-state index in [1.54, 1.807) is 6.08 Å². The molecular weight excluding hydrogens is 735 g/mol. The number of hydrogen-bond acceptors (Lipinski definition) is 9. The summed E-state index contributed by atoms with van der Waals surface area (Å²) >= 11 is 0. The Labute approximate surface area is 355 Å². The van der Waals surface area contributed by atoms with E-state index in [2.05, 4.69) is 19.2 Å². The molecule has 1 saturated heterocycles. The van der Waals surface area contributed by atoms with Gasteiger partial charge in [-0.05, 0) is 19.3 Å². The van der Waals surface area contributed by atoms with Crippen LogP contribution in [-0.2, 0) is 14.3 Å². The fourth-order valence-electron chi connectivity index (χ4n) is 7.93. The van der Waals surface area contributed by atoms with E-state index >= 15 is 0 Å². The standard InChI is InChI=1S/C48H93NO9/c1-3-5-7-9-11-13-15-17-18-19-20-21-22-23-25-27-29-31-33-35-37-42(52)47(56)49-40(39-57-48-46(55)45(54)44(53)43(38-50)58-48)41(51)36-34-32-30-28-26-24-16-14-12-10-8-6-4-2/h34,36,40-46,48,50-55H,3-33,35,37-39H2,1-2H3,(H,49,56)/b36-34+/t40?,41?,42?,43-,44+,45+,46-,48-/m1/s1. The fraction of sp³-hybridized carbons (Fsp3) is 0.938. The monoisotopic (exact) mass is 828 g/mol. The summed E-state index contributed by atoms with van der Waals surface area (Å²) in [5, 5.41) is 64.7. The van der Waals surface area contributed by atoms with Crippen molar-refractivity contribution in [3.05, 3.63) is 12.2 Å². The van der Waals surface area contributed by atoms with Gasteiger partial charge in [0.25, 0.3) is 0 Å². The van der Waals surface area contributed by atoms with Gasteiger partial charge in [-0.1, -0.05) is 219 Å². The van der Waals surface area contributed by atoms with E-state index in [9.17, 15) is 35.4 Å². The van der Waals surface area contributed by atoms with E-state index in [1.807, 2.05) is 6.08 Å². The molecule has 3 unspecified atom stereocenters. The molecule has 1 rings (SSSR count). The number of nitrogens with one attached hydrogen (secondary N) is 1. The predicted octanol–water partition coefficient (Wildman–Crippen LogP) is 9.48. The van der Waals surface area contributed by atoms with Gasteiger partial charge < -0.3 is 45.4 Å². The molecule has 0 spiro atoms. The zero-order valence-corrected chi connectivity index (χ0v) is 37.4. The van der Waals surface area contributed by atoms with Crippen molar-refractivity contribution < 1.29 is 44.9 Å². The molecule has 344 valence electrons. The van der Waals surface area contributed by atoms with Crippen LogP contribution in [0.5, 0.6) is 0 Å². The Morgan fingerprint density at radius 2 is 0.983 bits per heavy atom. The number of unbranched alkanes of at least 4 members (excludes halogenated alkanes) is 30. The van der Waals surface area contributed by atoms with Gasteiger partial charge in [0.05, 0.1) is 25.4 Å². The number of rotatable bonds is 41. The Kier molecular flexibility index (Phi) is 36.7. The van der Waals surface area contributed by atoms with Gasteiger partial charge in [-0.25, -0.2) is 0 Å². The summed E-state index contributed by atoms with van der Waals surface area (Å²) in [4.78, 5) is 13.0. The van der Waals surface area contributed by atoms with Gasteiger partial charge in [-0.3, -0.25) is 4.79 Å². The van der Waals surface area contributed by atoms with Crippen LogP contribution >= 0.6 is 0 Å². The Balaban J connectivity index is 2.34. The molecular formula is C48H93NO9. The third-order valence-electron chi connectivity index (χ3n) is 12.0. The number of hydrogen-bond donors (Lipinski definition) is 7. The van der Waals surface area contributed by atoms with Gasteiger partial charge in [0, 0.05) is 0 Å². The number of aliphatic hydroxyl groups excluding tert-OH is 6. The number of ether oxygens (including phenoxy) is 2. The maximum atomic E-state index is 13.0. The molecule has 0 aliphatic carbocycles. The van der Waals surface area contributed by atoms with Gasteiger partial charge in [-0.2, -0.15) is 0 Å². The van der Waals surface area contributed by atoms with E-state index in [0.717, 1.165) is 44.9 Å². The lowest BCUT2D eigenvalue weighted by molar-refractivity contribution is -0.302. The van der Waals surface area contributed by atoms with Gasteiger partial charge in [0.1, 0.15) is 30.5 Å². The van der Waals surface area contributed by atoms with Gasteiger partial charge >= 0.3 is 0 Å². The summed E-state index contributed by atoms with van der Waals surface area (Å²) in [5.41, 5.74) is 0. The topological polar surface area (TPSA) is 169 Å². The van der Waals surface area contributed by atoms with Crippen LogP contribution in [0.15, 0.2) is 12.2 Å². The molecule has 1 aliphatic rings. The molecule has 0 radical (unpaired) electrons. The number of amides is 1. The average molecular weight is 828 g/mol. The van der Waals surface area contributed by atoms with Crippen molar-refractivity contribution in [2.75, 3.05) is 13.2 Å². The van der Waals surface area contributed by atoms with Crippen LogP contribution in [0.2, 0.25) is 0 Å². The lowest BCUT2D eigenvalue weighted by Crippen LogP contribution is -2.60. The molecule has 1 amide bonds. The smallest absolute Gasteiger partial charge is 0.249 e. The maximum absolute atomic E-state index is 13.0.